The first-order chi connectivity index (χ1) is 10.0. The molecule has 21 heavy (non-hydrogen) atoms. The molecule has 0 saturated heterocycles. The molecule has 2 nitrogen and oxygen atoms in total. The second-order valence-electron chi connectivity index (χ2n) is 5.19. The lowest BCUT2D eigenvalue weighted by atomic mass is 9.99. The van der Waals surface area contributed by atoms with Gasteiger partial charge < -0.3 is 10.2 Å². The van der Waals surface area contributed by atoms with Crippen LogP contribution in [0.1, 0.15) is 29.5 Å². The Hall–Kier alpha value is -2.36. The van der Waals surface area contributed by atoms with E-state index in [0.29, 0.717) is 12.0 Å². The van der Waals surface area contributed by atoms with Crippen molar-refractivity contribution in [1.82, 2.24) is 0 Å². The first-order valence-electron chi connectivity index (χ1n) is 6.75. The topological polar surface area (TPSA) is 40.5 Å². The average molecular weight is 288 g/mol. The maximum atomic E-state index is 14.0. The lowest BCUT2D eigenvalue weighted by Gasteiger charge is -2.09. The highest BCUT2D eigenvalue weighted by atomic mass is 19.1. The van der Waals surface area contributed by atoms with Gasteiger partial charge in [0, 0.05) is 17.7 Å². The third-order valence-corrected chi connectivity index (χ3v) is 3.70. The fourth-order valence-corrected chi connectivity index (χ4v) is 2.74. The van der Waals surface area contributed by atoms with Crippen molar-refractivity contribution in [3.8, 4) is 11.5 Å². The third kappa shape index (κ3) is 2.61. The molecule has 108 valence electrons. The smallest absolute Gasteiger partial charge is 0.137 e. The summed E-state index contributed by atoms with van der Waals surface area (Å²) in [5.74, 6) is -1.76. The van der Waals surface area contributed by atoms with Crippen LogP contribution in [0.3, 0.4) is 0 Å². The summed E-state index contributed by atoms with van der Waals surface area (Å²) in [5, 5.41) is 18.7. The zero-order chi connectivity index (χ0) is 15.0. The second kappa shape index (κ2) is 5.20. The number of phenols is 2. The van der Waals surface area contributed by atoms with Gasteiger partial charge in [-0.1, -0.05) is 12.1 Å². The molecule has 0 radical (unpaired) electrons. The fourth-order valence-electron chi connectivity index (χ4n) is 2.74. The zero-order valence-electron chi connectivity index (χ0n) is 11.2. The van der Waals surface area contributed by atoms with Crippen molar-refractivity contribution in [2.45, 2.75) is 19.3 Å². The van der Waals surface area contributed by atoms with E-state index in [1.165, 1.54) is 0 Å². The second-order valence-corrected chi connectivity index (χ2v) is 5.19. The van der Waals surface area contributed by atoms with Crippen molar-refractivity contribution >= 4 is 11.6 Å². The van der Waals surface area contributed by atoms with Crippen molar-refractivity contribution in [2.75, 3.05) is 0 Å². The molecule has 0 amide bonds. The highest BCUT2D eigenvalue weighted by Gasteiger charge is 2.18. The van der Waals surface area contributed by atoms with Gasteiger partial charge in [0.2, 0.25) is 0 Å². The van der Waals surface area contributed by atoms with E-state index >= 15 is 0 Å². The van der Waals surface area contributed by atoms with Gasteiger partial charge in [-0.05, 0) is 48.1 Å². The average Bonchev–Trinajstić information content (AvgIpc) is 2.59. The molecule has 2 aromatic rings. The standard InChI is InChI=1S/C17H14F2O2/c18-15-8-14(21)9-16(19)17(15)12-3-1-2-10-7-13(20)5-4-11(10)6-12/h4-9,20-21H,1-3H2. The van der Waals surface area contributed by atoms with E-state index in [1.807, 2.05) is 0 Å². The molecular weight excluding hydrogens is 274 g/mol. The maximum Gasteiger partial charge on any atom is 0.137 e. The van der Waals surface area contributed by atoms with Crippen LogP contribution in [0.15, 0.2) is 30.3 Å². The molecule has 1 aliphatic carbocycles. The predicted octanol–water partition coefficient (Wildman–Crippen LogP) is 4.25. The number of hydrogen-bond donors (Lipinski definition) is 2. The number of halogens is 2. The molecule has 0 spiro atoms. The molecule has 0 heterocycles. The molecule has 0 aromatic heterocycles. The molecule has 0 fully saturated rings. The summed E-state index contributed by atoms with van der Waals surface area (Å²) < 4.78 is 28.0. The van der Waals surface area contributed by atoms with Crippen LogP contribution >= 0.6 is 0 Å². The van der Waals surface area contributed by atoms with Crippen LogP contribution in [0.5, 0.6) is 11.5 Å². The van der Waals surface area contributed by atoms with Crippen molar-refractivity contribution in [2.24, 2.45) is 0 Å². The summed E-state index contributed by atoms with van der Waals surface area (Å²) in [4.78, 5) is 0. The lowest BCUT2D eigenvalue weighted by Crippen LogP contribution is -1.95. The number of allylic oxidation sites excluding steroid dienone is 1. The lowest BCUT2D eigenvalue weighted by molar-refractivity contribution is 0.459. The summed E-state index contributed by atoms with van der Waals surface area (Å²) in [5.41, 5.74) is 2.29. The fraction of sp³-hybridized carbons (Fsp3) is 0.176. The van der Waals surface area contributed by atoms with E-state index in [0.717, 1.165) is 36.1 Å². The quantitative estimate of drug-likeness (QED) is 0.823. The van der Waals surface area contributed by atoms with Crippen LogP contribution in [-0.2, 0) is 6.42 Å². The maximum absolute atomic E-state index is 14.0. The van der Waals surface area contributed by atoms with Crippen molar-refractivity contribution in [3.63, 3.8) is 0 Å². The minimum atomic E-state index is -0.763. The van der Waals surface area contributed by atoms with Crippen molar-refractivity contribution in [1.29, 1.82) is 0 Å². The van der Waals surface area contributed by atoms with Crippen LogP contribution in [-0.4, -0.2) is 10.2 Å². The Morgan fingerprint density at radius 2 is 1.57 bits per heavy atom. The normalized spacial score (nSPS) is 14.3. The Balaban J connectivity index is 2.13. The Morgan fingerprint density at radius 3 is 2.29 bits per heavy atom. The molecule has 2 N–H and O–H groups in total. The Labute approximate surface area is 121 Å². The Kier molecular flexibility index (Phi) is 3.37. The van der Waals surface area contributed by atoms with E-state index in [9.17, 15) is 19.0 Å². The van der Waals surface area contributed by atoms with E-state index in [-0.39, 0.29) is 11.3 Å². The van der Waals surface area contributed by atoms with Gasteiger partial charge in [0.25, 0.3) is 0 Å². The van der Waals surface area contributed by atoms with E-state index in [2.05, 4.69) is 0 Å². The molecule has 0 saturated carbocycles. The molecule has 4 heteroatoms. The van der Waals surface area contributed by atoms with E-state index < -0.39 is 17.4 Å². The highest BCUT2D eigenvalue weighted by Crippen LogP contribution is 2.34. The van der Waals surface area contributed by atoms with Gasteiger partial charge in [0.05, 0.1) is 0 Å². The van der Waals surface area contributed by atoms with Gasteiger partial charge >= 0.3 is 0 Å². The molecule has 0 bridgehead atoms. The number of aromatic hydroxyl groups is 2. The first kappa shape index (κ1) is 13.6. The van der Waals surface area contributed by atoms with Crippen LogP contribution in [0.25, 0.3) is 11.6 Å². The number of aryl methyl sites for hydroxylation is 1. The minimum absolute atomic E-state index is 0.0891. The van der Waals surface area contributed by atoms with E-state index in [1.54, 1.807) is 24.3 Å². The van der Waals surface area contributed by atoms with Crippen LogP contribution in [0, 0.1) is 11.6 Å². The first-order valence-corrected chi connectivity index (χ1v) is 6.75. The van der Waals surface area contributed by atoms with Crippen LogP contribution in [0.4, 0.5) is 8.78 Å². The monoisotopic (exact) mass is 288 g/mol. The summed E-state index contributed by atoms with van der Waals surface area (Å²) in [7, 11) is 0. The third-order valence-electron chi connectivity index (χ3n) is 3.70. The number of rotatable bonds is 1. The van der Waals surface area contributed by atoms with E-state index in [4.69, 9.17) is 0 Å². The Bertz CT molecular complexity index is 713. The van der Waals surface area contributed by atoms with Gasteiger partial charge in [-0.25, -0.2) is 8.78 Å². The van der Waals surface area contributed by atoms with Crippen LogP contribution < -0.4 is 0 Å². The van der Waals surface area contributed by atoms with Gasteiger partial charge in [-0.15, -0.1) is 0 Å². The van der Waals surface area contributed by atoms with Gasteiger partial charge in [0.1, 0.15) is 23.1 Å². The van der Waals surface area contributed by atoms with Gasteiger partial charge in [-0.2, -0.15) is 0 Å². The summed E-state index contributed by atoms with van der Waals surface area (Å²) in [6.07, 6.45) is 3.77. The molecular formula is C17H14F2O2. The zero-order valence-corrected chi connectivity index (χ0v) is 11.2. The summed E-state index contributed by atoms with van der Waals surface area (Å²) >= 11 is 0. The van der Waals surface area contributed by atoms with Crippen molar-refractivity contribution in [3.05, 3.63) is 58.7 Å². The largest absolute Gasteiger partial charge is 0.508 e. The molecule has 0 atom stereocenters. The molecule has 1 aliphatic rings. The summed E-state index contributed by atoms with van der Waals surface area (Å²) in [6, 6.07) is 6.82. The number of fused-ring (bicyclic) bond motifs is 1. The summed E-state index contributed by atoms with van der Waals surface area (Å²) in [6.45, 7) is 0. The molecule has 0 unspecified atom stereocenters. The number of hydrogen-bond acceptors (Lipinski definition) is 2. The number of benzene rings is 2. The van der Waals surface area contributed by atoms with Crippen molar-refractivity contribution < 1.29 is 19.0 Å². The molecule has 0 aliphatic heterocycles. The number of phenolic OH excluding ortho intramolecular Hbond substituents is 2. The SMILES string of the molecule is Oc1cc(F)c(C2=Cc3ccc(O)cc3CCC2)c(F)c1. The molecule has 3 rings (SSSR count). The predicted molar refractivity (Wildman–Crippen MR) is 76.9 cm³/mol. The Morgan fingerprint density at radius 1 is 0.857 bits per heavy atom. The highest BCUT2D eigenvalue weighted by molar-refractivity contribution is 5.83. The van der Waals surface area contributed by atoms with Gasteiger partial charge in [-0.3, -0.25) is 0 Å². The van der Waals surface area contributed by atoms with Crippen LogP contribution in [0.2, 0.25) is 0 Å². The van der Waals surface area contributed by atoms with Gasteiger partial charge in [0.15, 0.2) is 0 Å². The minimum Gasteiger partial charge on any atom is -0.508 e. The molecule has 2 aromatic carbocycles.